The van der Waals surface area contributed by atoms with Gasteiger partial charge in [-0.05, 0) is 37.5 Å². The summed E-state index contributed by atoms with van der Waals surface area (Å²) < 4.78 is 5.29. The van der Waals surface area contributed by atoms with Gasteiger partial charge in [-0.3, -0.25) is 4.79 Å². The molecule has 3 rings (SSSR count). The van der Waals surface area contributed by atoms with E-state index in [4.69, 9.17) is 9.73 Å². The highest BCUT2D eigenvalue weighted by atomic mass is 16.5. The molecule has 0 aliphatic carbocycles. The van der Waals surface area contributed by atoms with E-state index in [1.807, 2.05) is 17.0 Å². The van der Waals surface area contributed by atoms with Gasteiger partial charge < -0.3 is 19.9 Å². The number of nitrogens with one attached hydrogen (secondary N) is 1. The van der Waals surface area contributed by atoms with Gasteiger partial charge in [0, 0.05) is 51.3 Å². The van der Waals surface area contributed by atoms with Gasteiger partial charge in [0.2, 0.25) is 5.91 Å². The fourth-order valence-corrected chi connectivity index (χ4v) is 3.69. The number of nitrogens with zero attached hydrogens (tertiary/aromatic N) is 3. The molecule has 2 fully saturated rings. The van der Waals surface area contributed by atoms with Gasteiger partial charge in [0.15, 0.2) is 5.96 Å². The highest BCUT2D eigenvalue weighted by Gasteiger charge is 2.24. The smallest absolute Gasteiger partial charge is 0.227 e. The molecular formula is C20H30N4O2. The summed E-state index contributed by atoms with van der Waals surface area (Å²) in [5.41, 5.74) is 2.15. The molecule has 1 aromatic rings. The predicted octanol–water partition coefficient (Wildman–Crippen LogP) is 2.25. The molecule has 0 saturated carbocycles. The van der Waals surface area contributed by atoms with Gasteiger partial charge in [0.1, 0.15) is 0 Å². The van der Waals surface area contributed by atoms with E-state index in [0.29, 0.717) is 18.9 Å². The first kappa shape index (κ1) is 18.7. The maximum Gasteiger partial charge on any atom is 0.227 e. The SMILES string of the molecule is CCNC(=NCc1ccc(N2CCCC2=O)cc1)N1CCC(COC)C1. The zero-order chi connectivity index (χ0) is 18.4. The van der Waals surface area contributed by atoms with Crippen LogP contribution in [0.3, 0.4) is 0 Å². The second-order valence-electron chi connectivity index (χ2n) is 7.04. The Balaban J connectivity index is 1.61. The maximum absolute atomic E-state index is 11.8. The standard InChI is InChI=1S/C20H30N4O2/c1-3-21-20(23-12-10-17(14-23)15-26-2)22-13-16-6-8-18(9-7-16)24-11-4-5-19(24)25/h6-9,17H,3-5,10-15H2,1-2H3,(H,21,22). The fourth-order valence-electron chi connectivity index (χ4n) is 3.69. The zero-order valence-electron chi connectivity index (χ0n) is 15.9. The number of benzene rings is 1. The van der Waals surface area contributed by atoms with Crippen LogP contribution >= 0.6 is 0 Å². The molecule has 26 heavy (non-hydrogen) atoms. The quantitative estimate of drug-likeness (QED) is 0.626. The lowest BCUT2D eigenvalue weighted by molar-refractivity contribution is -0.117. The van der Waals surface area contributed by atoms with Gasteiger partial charge in [-0.25, -0.2) is 4.99 Å². The Morgan fingerprint density at radius 3 is 2.77 bits per heavy atom. The number of rotatable bonds is 6. The number of likely N-dealkylation sites (tertiary alicyclic amines) is 1. The number of hydrogen-bond donors (Lipinski definition) is 1. The molecule has 2 aliphatic heterocycles. The number of carbonyl (C=O) groups excluding carboxylic acids is 1. The van der Waals surface area contributed by atoms with Crippen LogP contribution in [0.4, 0.5) is 5.69 Å². The summed E-state index contributed by atoms with van der Waals surface area (Å²) in [6.45, 7) is 7.26. The van der Waals surface area contributed by atoms with E-state index in [1.165, 1.54) is 0 Å². The van der Waals surface area contributed by atoms with Crippen molar-refractivity contribution in [3.8, 4) is 0 Å². The highest BCUT2D eigenvalue weighted by molar-refractivity contribution is 5.95. The largest absolute Gasteiger partial charge is 0.384 e. The van der Waals surface area contributed by atoms with Gasteiger partial charge in [-0.1, -0.05) is 12.1 Å². The third-order valence-electron chi connectivity index (χ3n) is 5.06. The molecule has 0 radical (unpaired) electrons. The second-order valence-corrected chi connectivity index (χ2v) is 7.04. The van der Waals surface area contributed by atoms with E-state index < -0.39 is 0 Å². The number of guanidine groups is 1. The lowest BCUT2D eigenvalue weighted by Crippen LogP contribution is -2.40. The molecule has 2 aliphatic rings. The normalized spacial score (nSPS) is 20.9. The van der Waals surface area contributed by atoms with Crippen LogP contribution in [0.2, 0.25) is 0 Å². The number of ether oxygens (including phenoxy) is 1. The second kappa shape index (κ2) is 9.03. The van der Waals surface area contributed by atoms with Crippen molar-refractivity contribution in [3.05, 3.63) is 29.8 Å². The molecule has 0 spiro atoms. The van der Waals surface area contributed by atoms with Gasteiger partial charge in [-0.15, -0.1) is 0 Å². The van der Waals surface area contributed by atoms with Gasteiger partial charge in [-0.2, -0.15) is 0 Å². The Labute approximate surface area is 156 Å². The van der Waals surface area contributed by atoms with Crippen molar-refractivity contribution < 1.29 is 9.53 Å². The molecule has 1 aromatic carbocycles. The topological polar surface area (TPSA) is 57.2 Å². The van der Waals surface area contributed by atoms with Crippen LogP contribution in [0.1, 0.15) is 31.7 Å². The van der Waals surface area contributed by atoms with E-state index in [0.717, 1.165) is 62.8 Å². The summed E-state index contributed by atoms with van der Waals surface area (Å²) in [5, 5.41) is 3.40. The average Bonchev–Trinajstić information content (AvgIpc) is 3.29. The molecule has 2 saturated heterocycles. The van der Waals surface area contributed by atoms with Crippen molar-refractivity contribution in [1.82, 2.24) is 10.2 Å². The van der Waals surface area contributed by atoms with Crippen LogP contribution in [0.25, 0.3) is 0 Å². The van der Waals surface area contributed by atoms with E-state index in [2.05, 4.69) is 29.3 Å². The van der Waals surface area contributed by atoms with Crippen molar-refractivity contribution in [2.45, 2.75) is 32.7 Å². The van der Waals surface area contributed by atoms with E-state index >= 15 is 0 Å². The van der Waals surface area contributed by atoms with Crippen LogP contribution in [0, 0.1) is 5.92 Å². The molecule has 142 valence electrons. The summed E-state index contributed by atoms with van der Waals surface area (Å²) >= 11 is 0. The summed E-state index contributed by atoms with van der Waals surface area (Å²) in [6, 6.07) is 8.22. The van der Waals surface area contributed by atoms with Crippen molar-refractivity contribution in [2.24, 2.45) is 10.9 Å². The van der Waals surface area contributed by atoms with Crippen molar-refractivity contribution in [1.29, 1.82) is 0 Å². The monoisotopic (exact) mass is 358 g/mol. The molecule has 0 aromatic heterocycles. The molecule has 1 unspecified atom stereocenters. The van der Waals surface area contributed by atoms with Crippen LogP contribution < -0.4 is 10.2 Å². The number of hydrogen-bond acceptors (Lipinski definition) is 3. The highest BCUT2D eigenvalue weighted by Crippen LogP contribution is 2.22. The first-order valence-corrected chi connectivity index (χ1v) is 9.62. The minimum Gasteiger partial charge on any atom is -0.384 e. The number of methoxy groups -OCH3 is 1. The Morgan fingerprint density at radius 2 is 2.12 bits per heavy atom. The summed E-state index contributed by atoms with van der Waals surface area (Å²) in [7, 11) is 1.77. The third-order valence-corrected chi connectivity index (χ3v) is 5.06. The van der Waals surface area contributed by atoms with E-state index in [1.54, 1.807) is 7.11 Å². The fraction of sp³-hybridized carbons (Fsp3) is 0.600. The molecular weight excluding hydrogens is 328 g/mol. The van der Waals surface area contributed by atoms with E-state index in [9.17, 15) is 4.79 Å². The molecule has 1 N–H and O–H groups in total. The molecule has 6 heteroatoms. The molecule has 1 atom stereocenters. The third kappa shape index (κ3) is 4.55. The molecule has 6 nitrogen and oxygen atoms in total. The summed E-state index contributed by atoms with van der Waals surface area (Å²) in [4.78, 5) is 20.9. The van der Waals surface area contributed by atoms with Crippen LogP contribution in [-0.2, 0) is 16.1 Å². The van der Waals surface area contributed by atoms with Crippen LogP contribution in [0.5, 0.6) is 0 Å². The Bertz CT molecular complexity index is 629. The van der Waals surface area contributed by atoms with Crippen molar-refractivity contribution in [2.75, 3.05) is 44.8 Å². The van der Waals surface area contributed by atoms with Gasteiger partial charge in [0.05, 0.1) is 13.2 Å². The molecule has 2 heterocycles. The minimum absolute atomic E-state index is 0.227. The maximum atomic E-state index is 11.8. The number of anilines is 1. The van der Waals surface area contributed by atoms with Crippen LogP contribution in [0.15, 0.2) is 29.3 Å². The van der Waals surface area contributed by atoms with Gasteiger partial charge in [0.25, 0.3) is 0 Å². The Kier molecular flexibility index (Phi) is 6.50. The number of carbonyl (C=O) groups is 1. The van der Waals surface area contributed by atoms with E-state index in [-0.39, 0.29) is 5.91 Å². The zero-order valence-corrected chi connectivity index (χ0v) is 15.9. The number of aliphatic imine (C=N–C) groups is 1. The molecule has 1 amide bonds. The first-order valence-electron chi connectivity index (χ1n) is 9.62. The minimum atomic E-state index is 0.227. The Morgan fingerprint density at radius 1 is 1.31 bits per heavy atom. The van der Waals surface area contributed by atoms with Crippen molar-refractivity contribution in [3.63, 3.8) is 0 Å². The van der Waals surface area contributed by atoms with Crippen molar-refractivity contribution >= 4 is 17.6 Å². The summed E-state index contributed by atoms with van der Waals surface area (Å²) in [6.07, 6.45) is 2.77. The van der Waals surface area contributed by atoms with Gasteiger partial charge >= 0.3 is 0 Å². The number of amides is 1. The molecule has 0 bridgehead atoms. The average molecular weight is 358 g/mol. The summed E-state index contributed by atoms with van der Waals surface area (Å²) in [5.74, 6) is 1.79. The lowest BCUT2D eigenvalue weighted by atomic mass is 10.1. The first-order chi connectivity index (χ1) is 12.7. The lowest BCUT2D eigenvalue weighted by Gasteiger charge is -2.21. The van der Waals surface area contributed by atoms with Crippen LogP contribution in [-0.4, -0.2) is 56.7 Å². The Hall–Kier alpha value is -2.08. The predicted molar refractivity (Wildman–Crippen MR) is 104 cm³/mol.